The van der Waals surface area contributed by atoms with Crippen LogP contribution >= 0.6 is 0 Å². The Morgan fingerprint density at radius 1 is 1.47 bits per heavy atom. The van der Waals surface area contributed by atoms with Crippen molar-refractivity contribution < 1.29 is 13.9 Å². The lowest BCUT2D eigenvalue weighted by Crippen LogP contribution is -2.47. The van der Waals surface area contributed by atoms with Gasteiger partial charge in [-0.05, 0) is 44.9 Å². The molecule has 1 atom stereocenters. The zero-order valence-electron chi connectivity index (χ0n) is 11.7. The fraction of sp³-hybridized carbons (Fsp3) is 0.533. The Kier molecular flexibility index (Phi) is 3.90. The number of piperidine rings is 1. The SMILES string of the molecule is COC1(C)CCCN(c2ccc(F)cc2C(C)=O)C1. The molecule has 4 heteroatoms. The van der Waals surface area contributed by atoms with Gasteiger partial charge < -0.3 is 9.64 Å². The molecule has 1 saturated heterocycles. The van der Waals surface area contributed by atoms with Gasteiger partial charge in [0.15, 0.2) is 5.78 Å². The van der Waals surface area contributed by atoms with Crippen LogP contribution in [0.4, 0.5) is 10.1 Å². The normalized spacial score (nSPS) is 23.5. The number of benzene rings is 1. The lowest BCUT2D eigenvalue weighted by Gasteiger charge is -2.41. The van der Waals surface area contributed by atoms with Gasteiger partial charge in [-0.25, -0.2) is 4.39 Å². The first-order chi connectivity index (χ1) is 8.95. The van der Waals surface area contributed by atoms with Crippen molar-refractivity contribution in [2.75, 3.05) is 25.1 Å². The number of hydrogen-bond donors (Lipinski definition) is 0. The molecule has 1 aromatic carbocycles. The molecule has 0 aliphatic carbocycles. The molecule has 3 nitrogen and oxygen atoms in total. The Bertz CT molecular complexity index is 489. The molecule has 1 aliphatic rings. The average Bonchev–Trinajstić information content (AvgIpc) is 2.38. The van der Waals surface area contributed by atoms with Crippen LogP contribution < -0.4 is 4.90 Å². The molecule has 0 radical (unpaired) electrons. The van der Waals surface area contributed by atoms with Crippen molar-refractivity contribution in [3.63, 3.8) is 0 Å². The molecule has 0 amide bonds. The van der Waals surface area contributed by atoms with Crippen LogP contribution in [-0.2, 0) is 4.74 Å². The van der Waals surface area contributed by atoms with Crippen molar-refractivity contribution in [1.82, 2.24) is 0 Å². The Balaban J connectivity index is 2.33. The summed E-state index contributed by atoms with van der Waals surface area (Å²) in [6.45, 7) is 5.12. The predicted molar refractivity (Wildman–Crippen MR) is 73.3 cm³/mol. The van der Waals surface area contributed by atoms with Crippen molar-refractivity contribution in [2.45, 2.75) is 32.3 Å². The van der Waals surface area contributed by atoms with E-state index < -0.39 is 0 Å². The second kappa shape index (κ2) is 5.29. The first-order valence-corrected chi connectivity index (χ1v) is 6.56. The Hall–Kier alpha value is -1.42. The molecule has 19 heavy (non-hydrogen) atoms. The molecule has 0 N–H and O–H groups in total. The highest BCUT2D eigenvalue weighted by atomic mass is 19.1. The highest BCUT2D eigenvalue weighted by Gasteiger charge is 2.32. The van der Waals surface area contributed by atoms with Crippen molar-refractivity contribution in [3.05, 3.63) is 29.6 Å². The van der Waals surface area contributed by atoms with Crippen LogP contribution in [0.3, 0.4) is 0 Å². The molecule has 1 fully saturated rings. The molecule has 1 unspecified atom stereocenters. The molecular weight excluding hydrogens is 245 g/mol. The van der Waals surface area contributed by atoms with Crippen LogP contribution in [0.1, 0.15) is 37.0 Å². The minimum Gasteiger partial charge on any atom is -0.377 e. The van der Waals surface area contributed by atoms with Gasteiger partial charge in [0.05, 0.1) is 5.60 Å². The van der Waals surface area contributed by atoms with Gasteiger partial charge in [0.25, 0.3) is 0 Å². The molecule has 1 aliphatic heterocycles. The number of carbonyl (C=O) groups excluding carboxylic acids is 1. The fourth-order valence-corrected chi connectivity index (χ4v) is 2.64. The van der Waals surface area contributed by atoms with Gasteiger partial charge in [-0.15, -0.1) is 0 Å². The van der Waals surface area contributed by atoms with E-state index in [1.54, 1.807) is 13.2 Å². The summed E-state index contributed by atoms with van der Waals surface area (Å²) in [5.41, 5.74) is 1.04. The van der Waals surface area contributed by atoms with E-state index in [2.05, 4.69) is 11.8 Å². The molecular formula is C15H20FNO2. The quantitative estimate of drug-likeness (QED) is 0.787. The Labute approximate surface area is 113 Å². The highest BCUT2D eigenvalue weighted by Crippen LogP contribution is 2.30. The molecule has 0 aromatic heterocycles. The fourth-order valence-electron chi connectivity index (χ4n) is 2.64. The van der Waals surface area contributed by atoms with E-state index in [-0.39, 0.29) is 17.2 Å². The van der Waals surface area contributed by atoms with Gasteiger partial charge in [-0.2, -0.15) is 0 Å². The number of ether oxygens (including phenoxy) is 1. The van der Waals surface area contributed by atoms with Gasteiger partial charge in [0, 0.05) is 31.5 Å². The van der Waals surface area contributed by atoms with Crippen LogP contribution in [0.5, 0.6) is 0 Å². The van der Waals surface area contributed by atoms with Gasteiger partial charge in [-0.3, -0.25) is 4.79 Å². The summed E-state index contributed by atoms with van der Waals surface area (Å²) in [5, 5.41) is 0. The average molecular weight is 265 g/mol. The summed E-state index contributed by atoms with van der Waals surface area (Å²) in [4.78, 5) is 13.8. The van der Waals surface area contributed by atoms with Crippen molar-refractivity contribution in [1.29, 1.82) is 0 Å². The van der Waals surface area contributed by atoms with Gasteiger partial charge in [0.1, 0.15) is 5.82 Å². The Morgan fingerprint density at radius 2 is 2.21 bits per heavy atom. The summed E-state index contributed by atoms with van der Waals surface area (Å²) >= 11 is 0. The number of nitrogens with zero attached hydrogens (tertiary/aromatic N) is 1. The zero-order valence-corrected chi connectivity index (χ0v) is 11.7. The van der Waals surface area contributed by atoms with Crippen LogP contribution in [0, 0.1) is 5.82 Å². The smallest absolute Gasteiger partial charge is 0.161 e. The second-order valence-electron chi connectivity index (χ2n) is 5.40. The number of Topliss-reactive ketones (excluding diaryl/α,β-unsaturated/α-hetero) is 1. The third-order valence-corrected chi connectivity index (χ3v) is 3.83. The number of carbonyl (C=O) groups is 1. The first kappa shape index (κ1) is 14.0. The maximum atomic E-state index is 13.3. The third kappa shape index (κ3) is 2.95. The maximum absolute atomic E-state index is 13.3. The number of ketones is 1. The predicted octanol–water partition coefficient (Wildman–Crippen LogP) is 3.03. The number of anilines is 1. The van der Waals surface area contributed by atoms with E-state index in [1.165, 1.54) is 19.1 Å². The lowest BCUT2D eigenvalue weighted by molar-refractivity contribution is -0.00469. The largest absolute Gasteiger partial charge is 0.377 e. The Morgan fingerprint density at radius 3 is 2.84 bits per heavy atom. The van der Waals surface area contributed by atoms with Gasteiger partial charge in [-0.1, -0.05) is 0 Å². The van der Waals surface area contributed by atoms with E-state index in [0.717, 1.165) is 31.6 Å². The summed E-state index contributed by atoms with van der Waals surface area (Å²) in [7, 11) is 1.71. The van der Waals surface area contributed by atoms with Gasteiger partial charge >= 0.3 is 0 Å². The van der Waals surface area contributed by atoms with E-state index in [1.807, 2.05) is 0 Å². The summed E-state index contributed by atoms with van der Waals surface area (Å²) in [5.74, 6) is -0.486. The highest BCUT2D eigenvalue weighted by molar-refractivity contribution is 5.99. The van der Waals surface area contributed by atoms with Crippen molar-refractivity contribution in [3.8, 4) is 0 Å². The van der Waals surface area contributed by atoms with E-state index in [9.17, 15) is 9.18 Å². The summed E-state index contributed by atoms with van der Waals surface area (Å²) in [6, 6.07) is 4.41. The molecule has 0 bridgehead atoms. The van der Waals surface area contributed by atoms with Gasteiger partial charge in [0.2, 0.25) is 0 Å². The number of methoxy groups -OCH3 is 1. The molecule has 1 heterocycles. The van der Waals surface area contributed by atoms with Crippen LogP contribution in [-0.4, -0.2) is 31.6 Å². The van der Waals surface area contributed by atoms with Crippen LogP contribution in [0.25, 0.3) is 0 Å². The maximum Gasteiger partial charge on any atom is 0.161 e. The molecule has 0 saturated carbocycles. The lowest BCUT2D eigenvalue weighted by atomic mass is 9.93. The summed E-state index contributed by atoms with van der Waals surface area (Å²) in [6.07, 6.45) is 2.00. The van der Waals surface area contributed by atoms with Crippen LogP contribution in [0.15, 0.2) is 18.2 Å². The molecule has 104 valence electrons. The minimum absolute atomic E-state index is 0.112. The first-order valence-electron chi connectivity index (χ1n) is 6.56. The number of halogens is 1. The second-order valence-corrected chi connectivity index (χ2v) is 5.40. The number of hydrogen-bond acceptors (Lipinski definition) is 3. The monoisotopic (exact) mass is 265 g/mol. The topological polar surface area (TPSA) is 29.5 Å². The van der Waals surface area contributed by atoms with E-state index in [0.29, 0.717) is 5.56 Å². The number of rotatable bonds is 3. The van der Waals surface area contributed by atoms with Crippen molar-refractivity contribution in [2.24, 2.45) is 0 Å². The molecule has 2 rings (SSSR count). The van der Waals surface area contributed by atoms with Crippen LogP contribution in [0.2, 0.25) is 0 Å². The standard InChI is InChI=1S/C15H20FNO2/c1-11(18)13-9-12(16)5-6-14(13)17-8-4-7-15(2,10-17)19-3/h5-6,9H,4,7-8,10H2,1-3H3. The van der Waals surface area contributed by atoms with E-state index in [4.69, 9.17) is 4.74 Å². The third-order valence-electron chi connectivity index (χ3n) is 3.83. The summed E-state index contributed by atoms with van der Waals surface area (Å²) < 4.78 is 18.9. The molecule has 0 spiro atoms. The minimum atomic E-state index is -0.375. The zero-order chi connectivity index (χ0) is 14.0. The van der Waals surface area contributed by atoms with E-state index >= 15 is 0 Å². The molecule has 1 aromatic rings. The van der Waals surface area contributed by atoms with Crippen molar-refractivity contribution >= 4 is 11.5 Å².